The van der Waals surface area contributed by atoms with Crippen LogP contribution in [0, 0.1) is 11.6 Å². The van der Waals surface area contributed by atoms with Crippen molar-refractivity contribution in [2.45, 2.75) is 18.6 Å². The van der Waals surface area contributed by atoms with Crippen molar-refractivity contribution in [1.29, 1.82) is 0 Å². The third-order valence-electron chi connectivity index (χ3n) is 4.56. The van der Waals surface area contributed by atoms with E-state index in [0.717, 1.165) is 24.5 Å². The molecule has 0 unspecified atom stereocenters. The third-order valence-corrected chi connectivity index (χ3v) is 5.67. The van der Waals surface area contributed by atoms with E-state index < -0.39 is 45.6 Å². The Balaban J connectivity index is 1.75. The second-order valence-corrected chi connectivity index (χ2v) is 8.24. The molecular formula is C16H20F2N2O5S. The number of anilines is 1. The van der Waals surface area contributed by atoms with Gasteiger partial charge in [-0.2, -0.15) is 0 Å². The second-order valence-electron chi connectivity index (χ2n) is 6.33. The Morgan fingerprint density at radius 3 is 2.23 bits per heavy atom. The van der Waals surface area contributed by atoms with E-state index in [1.54, 1.807) is 0 Å². The second kappa shape index (κ2) is 7.09. The van der Waals surface area contributed by atoms with Gasteiger partial charge in [0.05, 0.1) is 19.5 Å². The summed E-state index contributed by atoms with van der Waals surface area (Å²) in [7, 11) is -4.06. The minimum absolute atomic E-state index is 0.316. The number of amides is 1. The van der Waals surface area contributed by atoms with E-state index in [0.29, 0.717) is 43.5 Å². The summed E-state index contributed by atoms with van der Waals surface area (Å²) in [5, 5.41) is 0. The maximum atomic E-state index is 14.0. The zero-order chi connectivity index (χ0) is 18.9. The molecule has 0 saturated carbocycles. The van der Waals surface area contributed by atoms with Crippen LogP contribution >= 0.6 is 0 Å². The first kappa shape index (κ1) is 19.0. The molecule has 0 aromatic heterocycles. The minimum Gasteiger partial charge on any atom is -0.347 e. The smallest absolute Gasteiger partial charge is 0.243 e. The Hall–Kier alpha value is -1.78. The molecule has 0 aliphatic carbocycles. The van der Waals surface area contributed by atoms with Gasteiger partial charge in [0, 0.05) is 25.9 Å². The molecule has 0 N–H and O–H groups in total. The summed E-state index contributed by atoms with van der Waals surface area (Å²) in [6, 6.07) is 3.02. The van der Waals surface area contributed by atoms with Crippen LogP contribution in [0.2, 0.25) is 0 Å². The van der Waals surface area contributed by atoms with Crippen LogP contribution in [0.4, 0.5) is 14.5 Å². The van der Waals surface area contributed by atoms with Gasteiger partial charge in [0.25, 0.3) is 0 Å². The van der Waals surface area contributed by atoms with Crippen molar-refractivity contribution >= 4 is 21.6 Å². The van der Waals surface area contributed by atoms with Crippen molar-refractivity contribution in [3.05, 3.63) is 29.8 Å². The van der Waals surface area contributed by atoms with Gasteiger partial charge in [0.2, 0.25) is 15.9 Å². The van der Waals surface area contributed by atoms with Crippen LogP contribution in [0.5, 0.6) is 0 Å². The van der Waals surface area contributed by atoms with Gasteiger partial charge in [-0.15, -0.1) is 0 Å². The topological polar surface area (TPSA) is 76.2 Å². The highest BCUT2D eigenvalue weighted by molar-refractivity contribution is 7.92. The fourth-order valence-electron chi connectivity index (χ4n) is 3.19. The number of ether oxygens (including phenoxy) is 2. The molecular weight excluding hydrogens is 370 g/mol. The van der Waals surface area contributed by atoms with E-state index in [1.165, 1.54) is 4.90 Å². The lowest BCUT2D eigenvalue weighted by Gasteiger charge is -2.38. The Kier molecular flexibility index (Phi) is 5.18. The maximum Gasteiger partial charge on any atom is 0.243 e. The van der Waals surface area contributed by atoms with Crippen LogP contribution in [0.15, 0.2) is 18.2 Å². The van der Waals surface area contributed by atoms with Gasteiger partial charge in [-0.1, -0.05) is 6.07 Å². The molecule has 1 aromatic rings. The molecule has 3 rings (SSSR count). The number of rotatable bonds is 4. The van der Waals surface area contributed by atoms with Crippen LogP contribution < -0.4 is 4.31 Å². The van der Waals surface area contributed by atoms with E-state index in [2.05, 4.69) is 0 Å². The van der Waals surface area contributed by atoms with Crippen LogP contribution in [0.1, 0.15) is 12.8 Å². The largest absolute Gasteiger partial charge is 0.347 e. The average molecular weight is 390 g/mol. The molecule has 10 heteroatoms. The average Bonchev–Trinajstić information content (AvgIpc) is 3.01. The van der Waals surface area contributed by atoms with Crippen molar-refractivity contribution in [1.82, 2.24) is 4.90 Å². The number of carbonyl (C=O) groups excluding carboxylic acids is 1. The fraction of sp³-hybridized carbons (Fsp3) is 0.562. The highest BCUT2D eigenvalue weighted by Crippen LogP contribution is 2.32. The minimum atomic E-state index is -4.06. The van der Waals surface area contributed by atoms with Crippen molar-refractivity contribution < 1.29 is 31.5 Å². The summed E-state index contributed by atoms with van der Waals surface area (Å²) in [6.07, 6.45) is 1.73. The molecule has 2 fully saturated rings. The monoisotopic (exact) mass is 390 g/mol. The molecule has 1 amide bonds. The molecule has 26 heavy (non-hydrogen) atoms. The first-order valence-corrected chi connectivity index (χ1v) is 10.0. The lowest BCUT2D eigenvalue weighted by Crippen LogP contribution is -2.50. The number of likely N-dealkylation sites (tertiary alicyclic amines) is 1. The molecule has 2 aliphatic heterocycles. The number of sulfonamides is 1. The number of hydrogen-bond acceptors (Lipinski definition) is 5. The third kappa shape index (κ3) is 3.81. The van der Waals surface area contributed by atoms with Crippen molar-refractivity contribution in [2.75, 3.05) is 43.4 Å². The van der Waals surface area contributed by atoms with Gasteiger partial charge in [0.15, 0.2) is 17.4 Å². The molecule has 1 spiro atoms. The zero-order valence-electron chi connectivity index (χ0n) is 14.3. The molecule has 0 radical (unpaired) electrons. The number of nitrogens with zero attached hydrogens (tertiary/aromatic N) is 2. The van der Waals surface area contributed by atoms with E-state index in [4.69, 9.17) is 9.47 Å². The number of para-hydroxylation sites is 1. The Morgan fingerprint density at radius 2 is 1.73 bits per heavy atom. The highest BCUT2D eigenvalue weighted by atomic mass is 32.2. The molecule has 0 bridgehead atoms. The molecule has 7 nitrogen and oxygen atoms in total. The first-order valence-electron chi connectivity index (χ1n) is 8.19. The summed E-state index contributed by atoms with van der Waals surface area (Å²) >= 11 is 0. The summed E-state index contributed by atoms with van der Waals surface area (Å²) in [5.41, 5.74) is -0.751. The number of halogens is 2. The van der Waals surface area contributed by atoms with E-state index >= 15 is 0 Å². The van der Waals surface area contributed by atoms with Crippen LogP contribution in [0.3, 0.4) is 0 Å². The number of hydrogen-bond donors (Lipinski definition) is 0. The van der Waals surface area contributed by atoms with Gasteiger partial charge in [-0.3, -0.25) is 9.10 Å². The molecule has 0 atom stereocenters. The van der Waals surface area contributed by atoms with E-state index in [9.17, 15) is 22.0 Å². The molecule has 2 heterocycles. The number of benzene rings is 1. The van der Waals surface area contributed by atoms with E-state index in [-0.39, 0.29) is 0 Å². The predicted octanol–water partition coefficient (Wildman–Crippen LogP) is 1.10. The standard InChI is InChI=1S/C16H20F2N2O5S/c1-26(22,23)20(15-12(17)3-2-4-13(15)18)11-14(21)19-7-5-16(6-8-19)24-9-10-25-16/h2-4H,5-11H2,1H3. The maximum absolute atomic E-state index is 14.0. The summed E-state index contributed by atoms with van der Waals surface area (Å²) in [5.74, 6) is -3.31. The first-order chi connectivity index (χ1) is 12.2. The van der Waals surface area contributed by atoms with Gasteiger partial charge in [-0.05, 0) is 12.1 Å². The number of piperidine rings is 1. The zero-order valence-corrected chi connectivity index (χ0v) is 15.1. The molecule has 1 aromatic carbocycles. The summed E-state index contributed by atoms with van der Waals surface area (Å²) in [4.78, 5) is 14.0. The molecule has 2 aliphatic rings. The van der Waals surface area contributed by atoms with Gasteiger partial charge < -0.3 is 14.4 Å². The van der Waals surface area contributed by atoms with Crippen molar-refractivity contribution in [3.8, 4) is 0 Å². The summed E-state index contributed by atoms with van der Waals surface area (Å²) < 4.78 is 63.7. The van der Waals surface area contributed by atoms with Crippen LogP contribution in [-0.2, 0) is 24.3 Å². The fourth-order valence-corrected chi connectivity index (χ4v) is 4.05. The van der Waals surface area contributed by atoms with Gasteiger partial charge in [-0.25, -0.2) is 17.2 Å². The van der Waals surface area contributed by atoms with Crippen LogP contribution in [0.25, 0.3) is 0 Å². The van der Waals surface area contributed by atoms with Crippen molar-refractivity contribution in [2.24, 2.45) is 0 Å². The van der Waals surface area contributed by atoms with E-state index in [1.807, 2.05) is 0 Å². The predicted molar refractivity (Wildman–Crippen MR) is 89.0 cm³/mol. The van der Waals surface area contributed by atoms with Gasteiger partial charge >= 0.3 is 0 Å². The lowest BCUT2D eigenvalue weighted by molar-refractivity contribution is -0.187. The Morgan fingerprint density at radius 1 is 1.19 bits per heavy atom. The number of carbonyl (C=O) groups is 1. The Labute approximate surface area is 150 Å². The highest BCUT2D eigenvalue weighted by Gasteiger charge is 2.41. The lowest BCUT2D eigenvalue weighted by atomic mass is 10.0. The van der Waals surface area contributed by atoms with Crippen LogP contribution in [-0.4, -0.2) is 64.1 Å². The molecule has 144 valence electrons. The normalized spacial score (nSPS) is 19.7. The van der Waals surface area contributed by atoms with Gasteiger partial charge in [0.1, 0.15) is 12.2 Å². The SMILES string of the molecule is CS(=O)(=O)N(CC(=O)N1CCC2(CC1)OCCO2)c1c(F)cccc1F. The van der Waals surface area contributed by atoms with Crippen molar-refractivity contribution in [3.63, 3.8) is 0 Å². The Bertz CT molecular complexity index is 766. The summed E-state index contributed by atoms with van der Waals surface area (Å²) in [6.45, 7) is 0.961. The molecule has 2 saturated heterocycles. The quantitative estimate of drug-likeness (QED) is 0.770.